The van der Waals surface area contributed by atoms with Gasteiger partial charge in [0, 0.05) is 18.0 Å². The number of amides is 1. The Morgan fingerprint density at radius 2 is 2.00 bits per heavy atom. The van der Waals surface area contributed by atoms with E-state index in [-0.39, 0.29) is 22.7 Å². The standard InChI is InChI=1S/C14H12N2O5/c1-21-9-2-3-10(12(17)7-9)13(18)16-8-4-5-15-11(6-8)14(19)20/h2-7,17H,1H3,(H,19,20)(H,15,16,18). The highest BCUT2D eigenvalue weighted by Crippen LogP contribution is 2.24. The summed E-state index contributed by atoms with van der Waals surface area (Å²) in [7, 11) is 1.44. The molecule has 7 heteroatoms. The third-order valence-corrected chi connectivity index (χ3v) is 2.69. The van der Waals surface area contributed by atoms with Crippen molar-refractivity contribution >= 4 is 17.6 Å². The van der Waals surface area contributed by atoms with Gasteiger partial charge in [-0.3, -0.25) is 4.79 Å². The molecule has 0 fully saturated rings. The smallest absolute Gasteiger partial charge is 0.354 e. The lowest BCUT2D eigenvalue weighted by Crippen LogP contribution is -2.13. The molecule has 3 N–H and O–H groups in total. The summed E-state index contributed by atoms with van der Waals surface area (Å²) >= 11 is 0. The van der Waals surface area contributed by atoms with Gasteiger partial charge < -0.3 is 20.3 Å². The molecule has 0 atom stereocenters. The van der Waals surface area contributed by atoms with Crippen molar-refractivity contribution in [3.63, 3.8) is 0 Å². The summed E-state index contributed by atoms with van der Waals surface area (Å²) in [5.74, 6) is -1.59. The third-order valence-electron chi connectivity index (χ3n) is 2.69. The van der Waals surface area contributed by atoms with Crippen LogP contribution in [0.1, 0.15) is 20.8 Å². The summed E-state index contributed by atoms with van der Waals surface area (Å²) in [5.41, 5.74) is 0.124. The van der Waals surface area contributed by atoms with E-state index in [1.807, 2.05) is 0 Å². The average Bonchev–Trinajstić information content (AvgIpc) is 2.47. The summed E-state index contributed by atoms with van der Waals surface area (Å²) in [6.45, 7) is 0. The van der Waals surface area contributed by atoms with E-state index in [0.29, 0.717) is 5.75 Å². The maximum Gasteiger partial charge on any atom is 0.354 e. The van der Waals surface area contributed by atoms with Crippen molar-refractivity contribution in [3.8, 4) is 11.5 Å². The van der Waals surface area contributed by atoms with Gasteiger partial charge in [0.15, 0.2) is 0 Å². The van der Waals surface area contributed by atoms with Gasteiger partial charge in [-0.1, -0.05) is 0 Å². The summed E-state index contributed by atoms with van der Waals surface area (Å²) in [5, 5.41) is 21.1. The van der Waals surface area contributed by atoms with Crippen LogP contribution in [-0.4, -0.2) is 34.2 Å². The fourth-order valence-corrected chi connectivity index (χ4v) is 1.65. The Bertz CT molecular complexity index is 700. The number of ether oxygens (including phenoxy) is 1. The molecule has 0 radical (unpaired) electrons. The Morgan fingerprint density at radius 1 is 1.24 bits per heavy atom. The number of hydrogen-bond acceptors (Lipinski definition) is 5. The minimum Gasteiger partial charge on any atom is -0.507 e. The van der Waals surface area contributed by atoms with Gasteiger partial charge in [-0.15, -0.1) is 0 Å². The highest BCUT2D eigenvalue weighted by atomic mass is 16.5. The molecule has 0 bridgehead atoms. The third kappa shape index (κ3) is 3.27. The predicted octanol–water partition coefficient (Wildman–Crippen LogP) is 1.75. The second kappa shape index (κ2) is 5.91. The zero-order valence-electron chi connectivity index (χ0n) is 11.0. The molecule has 2 rings (SSSR count). The van der Waals surface area contributed by atoms with Gasteiger partial charge in [-0.25, -0.2) is 9.78 Å². The van der Waals surface area contributed by atoms with Crippen LogP contribution < -0.4 is 10.1 Å². The number of carbonyl (C=O) groups is 2. The number of nitrogens with one attached hydrogen (secondary N) is 1. The van der Waals surface area contributed by atoms with E-state index in [2.05, 4.69) is 10.3 Å². The molecule has 1 heterocycles. The topological polar surface area (TPSA) is 109 Å². The normalized spacial score (nSPS) is 9.95. The Hall–Kier alpha value is -3.09. The quantitative estimate of drug-likeness (QED) is 0.790. The van der Waals surface area contributed by atoms with E-state index >= 15 is 0 Å². The van der Waals surface area contributed by atoms with Crippen LogP contribution in [0.5, 0.6) is 11.5 Å². The van der Waals surface area contributed by atoms with Gasteiger partial charge >= 0.3 is 5.97 Å². The molecule has 0 saturated heterocycles. The van der Waals surface area contributed by atoms with Crippen LogP contribution in [0.15, 0.2) is 36.5 Å². The molecule has 2 aromatic rings. The first-order valence-electron chi connectivity index (χ1n) is 5.89. The van der Waals surface area contributed by atoms with E-state index in [1.165, 1.54) is 43.6 Å². The highest BCUT2D eigenvalue weighted by Gasteiger charge is 2.13. The fourth-order valence-electron chi connectivity index (χ4n) is 1.65. The van der Waals surface area contributed by atoms with E-state index in [1.54, 1.807) is 0 Å². The number of phenols is 1. The first kappa shape index (κ1) is 14.3. The van der Waals surface area contributed by atoms with Gasteiger partial charge in [0.05, 0.1) is 12.7 Å². The van der Waals surface area contributed by atoms with Crippen LogP contribution in [0, 0.1) is 0 Å². The number of hydrogen-bond donors (Lipinski definition) is 3. The van der Waals surface area contributed by atoms with Crippen molar-refractivity contribution in [2.75, 3.05) is 12.4 Å². The van der Waals surface area contributed by atoms with Gasteiger partial charge in [-0.2, -0.15) is 0 Å². The Kier molecular flexibility index (Phi) is 4.03. The minimum absolute atomic E-state index is 0.0458. The van der Waals surface area contributed by atoms with Gasteiger partial charge in [0.1, 0.15) is 17.2 Å². The van der Waals surface area contributed by atoms with Crippen molar-refractivity contribution in [2.24, 2.45) is 0 Å². The lowest BCUT2D eigenvalue weighted by Gasteiger charge is -2.08. The number of anilines is 1. The maximum atomic E-state index is 12.0. The molecule has 0 aliphatic rings. The number of aromatic carboxylic acids is 1. The van der Waals surface area contributed by atoms with Crippen LogP contribution in [0.25, 0.3) is 0 Å². The van der Waals surface area contributed by atoms with Crippen molar-refractivity contribution in [1.29, 1.82) is 0 Å². The maximum absolute atomic E-state index is 12.0. The molecular formula is C14H12N2O5. The van der Waals surface area contributed by atoms with E-state index in [0.717, 1.165) is 0 Å². The monoisotopic (exact) mass is 288 g/mol. The second-order valence-corrected chi connectivity index (χ2v) is 4.07. The Balaban J connectivity index is 2.22. The zero-order chi connectivity index (χ0) is 15.4. The highest BCUT2D eigenvalue weighted by molar-refractivity contribution is 6.06. The zero-order valence-corrected chi connectivity index (χ0v) is 11.0. The predicted molar refractivity (Wildman–Crippen MR) is 73.8 cm³/mol. The Morgan fingerprint density at radius 3 is 2.62 bits per heavy atom. The van der Waals surface area contributed by atoms with Crippen molar-refractivity contribution in [3.05, 3.63) is 47.8 Å². The Labute approximate surface area is 119 Å². The van der Waals surface area contributed by atoms with Crippen LogP contribution >= 0.6 is 0 Å². The van der Waals surface area contributed by atoms with Crippen molar-refractivity contribution in [2.45, 2.75) is 0 Å². The lowest BCUT2D eigenvalue weighted by atomic mass is 10.1. The molecule has 0 aliphatic heterocycles. The number of benzene rings is 1. The van der Waals surface area contributed by atoms with E-state index in [9.17, 15) is 14.7 Å². The molecule has 21 heavy (non-hydrogen) atoms. The van der Waals surface area contributed by atoms with Crippen LogP contribution in [-0.2, 0) is 0 Å². The number of aromatic hydroxyl groups is 1. The summed E-state index contributed by atoms with van der Waals surface area (Å²) in [6.07, 6.45) is 1.27. The van der Waals surface area contributed by atoms with Gasteiger partial charge in [0.2, 0.25) is 0 Å². The van der Waals surface area contributed by atoms with Crippen LogP contribution in [0.3, 0.4) is 0 Å². The number of nitrogens with zero attached hydrogens (tertiary/aromatic N) is 1. The van der Waals surface area contributed by atoms with Gasteiger partial charge in [-0.05, 0) is 24.3 Å². The largest absolute Gasteiger partial charge is 0.507 e. The SMILES string of the molecule is COc1ccc(C(=O)Nc2ccnc(C(=O)O)c2)c(O)c1. The molecule has 1 aromatic carbocycles. The van der Waals surface area contributed by atoms with E-state index < -0.39 is 11.9 Å². The number of rotatable bonds is 4. The summed E-state index contributed by atoms with van der Waals surface area (Å²) in [6, 6.07) is 6.92. The molecule has 1 aromatic heterocycles. The summed E-state index contributed by atoms with van der Waals surface area (Å²) in [4.78, 5) is 26.5. The van der Waals surface area contributed by atoms with Crippen LogP contribution in [0.2, 0.25) is 0 Å². The minimum atomic E-state index is -1.20. The number of pyridine rings is 1. The molecule has 0 spiro atoms. The molecule has 7 nitrogen and oxygen atoms in total. The first-order valence-corrected chi connectivity index (χ1v) is 5.89. The number of aromatic nitrogens is 1. The van der Waals surface area contributed by atoms with Gasteiger partial charge in [0.25, 0.3) is 5.91 Å². The average molecular weight is 288 g/mol. The van der Waals surface area contributed by atoms with Crippen molar-refractivity contribution < 1.29 is 24.5 Å². The second-order valence-electron chi connectivity index (χ2n) is 4.07. The molecule has 0 saturated carbocycles. The van der Waals surface area contributed by atoms with Crippen LogP contribution in [0.4, 0.5) is 5.69 Å². The number of carboxylic acid groups (broad SMARTS) is 1. The number of methoxy groups -OCH3 is 1. The molecule has 108 valence electrons. The number of carbonyl (C=O) groups excluding carboxylic acids is 1. The molecule has 1 amide bonds. The molecule has 0 aliphatic carbocycles. The van der Waals surface area contributed by atoms with Crippen molar-refractivity contribution in [1.82, 2.24) is 4.98 Å². The fraction of sp³-hybridized carbons (Fsp3) is 0.0714. The molecule has 0 unspecified atom stereocenters. The van der Waals surface area contributed by atoms with E-state index in [4.69, 9.17) is 9.84 Å². The molecular weight excluding hydrogens is 276 g/mol. The summed E-state index contributed by atoms with van der Waals surface area (Å²) < 4.78 is 4.92. The number of carboxylic acids is 1. The first-order chi connectivity index (χ1) is 10.0. The lowest BCUT2D eigenvalue weighted by molar-refractivity contribution is 0.0690. The number of phenolic OH excluding ortho intramolecular Hbond substituents is 1.